The monoisotopic (exact) mass is 177 g/mol. The molecule has 72 valence electrons. The number of hydrogen-bond donors (Lipinski definition) is 0. The standard InChI is InChI=1S/C12H19N/c1-2-13-12-6-9-3-10(7-12)5-11(4-9)8-12/h2,9-11H,3-8H2,1H3/b13-2-. The highest BCUT2D eigenvalue weighted by Crippen LogP contribution is 2.57. The van der Waals surface area contributed by atoms with Gasteiger partial charge in [0.2, 0.25) is 0 Å². The van der Waals surface area contributed by atoms with Gasteiger partial charge in [0.1, 0.15) is 0 Å². The van der Waals surface area contributed by atoms with Crippen molar-refractivity contribution in [2.75, 3.05) is 0 Å². The summed E-state index contributed by atoms with van der Waals surface area (Å²) in [5.74, 6) is 3.11. The largest absolute Gasteiger partial charge is 0.291 e. The molecule has 0 amide bonds. The second kappa shape index (κ2) is 2.59. The zero-order valence-corrected chi connectivity index (χ0v) is 8.50. The minimum Gasteiger partial charge on any atom is -0.291 e. The fourth-order valence-corrected chi connectivity index (χ4v) is 4.50. The summed E-state index contributed by atoms with van der Waals surface area (Å²) in [6.45, 7) is 2.08. The van der Waals surface area contributed by atoms with Crippen molar-refractivity contribution in [3.05, 3.63) is 0 Å². The highest BCUT2D eigenvalue weighted by molar-refractivity contribution is 5.54. The quantitative estimate of drug-likeness (QED) is 0.546. The molecule has 0 aromatic rings. The van der Waals surface area contributed by atoms with E-state index in [1.54, 1.807) is 0 Å². The van der Waals surface area contributed by atoms with Gasteiger partial charge in [-0.1, -0.05) is 0 Å². The third kappa shape index (κ3) is 1.16. The third-order valence-electron chi connectivity index (χ3n) is 4.41. The summed E-state index contributed by atoms with van der Waals surface area (Å²) in [5, 5.41) is 0. The average Bonchev–Trinajstić information content (AvgIpc) is 2.00. The Morgan fingerprint density at radius 3 is 1.85 bits per heavy atom. The average molecular weight is 177 g/mol. The summed E-state index contributed by atoms with van der Waals surface area (Å²) in [5.41, 5.74) is 0.420. The first-order chi connectivity index (χ1) is 6.30. The van der Waals surface area contributed by atoms with Crippen LogP contribution in [0, 0.1) is 17.8 Å². The predicted octanol–water partition coefficient (Wildman–Crippen LogP) is 3.05. The maximum Gasteiger partial charge on any atom is 0.0612 e. The van der Waals surface area contributed by atoms with Crippen molar-refractivity contribution in [3.8, 4) is 0 Å². The number of nitrogens with zero attached hydrogens (tertiary/aromatic N) is 1. The normalized spacial score (nSPS) is 53.5. The predicted molar refractivity (Wildman–Crippen MR) is 55.1 cm³/mol. The summed E-state index contributed by atoms with van der Waals surface area (Å²) >= 11 is 0. The molecule has 0 atom stereocenters. The van der Waals surface area contributed by atoms with Gasteiger partial charge in [-0.15, -0.1) is 0 Å². The van der Waals surface area contributed by atoms with Gasteiger partial charge in [0.25, 0.3) is 0 Å². The second-order valence-corrected chi connectivity index (χ2v) is 5.53. The molecule has 4 rings (SSSR count). The first-order valence-electron chi connectivity index (χ1n) is 5.79. The van der Waals surface area contributed by atoms with Crippen LogP contribution >= 0.6 is 0 Å². The lowest BCUT2D eigenvalue weighted by Crippen LogP contribution is -2.49. The lowest BCUT2D eigenvalue weighted by Gasteiger charge is -2.54. The van der Waals surface area contributed by atoms with Crippen LogP contribution in [-0.2, 0) is 0 Å². The lowest BCUT2D eigenvalue weighted by molar-refractivity contribution is 0.00191. The Morgan fingerprint density at radius 2 is 1.46 bits per heavy atom. The van der Waals surface area contributed by atoms with Gasteiger partial charge in [0, 0.05) is 0 Å². The minimum absolute atomic E-state index is 0.420. The van der Waals surface area contributed by atoms with Crippen LogP contribution in [0.15, 0.2) is 4.99 Å². The molecule has 4 bridgehead atoms. The molecule has 0 saturated heterocycles. The molecule has 4 aliphatic carbocycles. The molecule has 0 spiro atoms. The molecule has 0 unspecified atom stereocenters. The smallest absolute Gasteiger partial charge is 0.0612 e. The molecule has 0 radical (unpaired) electrons. The molecule has 1 heteroatoms. The summed E-state index contributed by atoms with van der Waals surface area (Å²) < 4.78 is 0. The summed E-state index contributed by atoms with van der Waals surface area (Å²) in [4.78, 5) is 4.79. The molecular weight excluding hydrogens is 158 g/mol. The first-order valence-corrected chi connectivity index (χ1v) is 5.79. The Morgan fingerprint density at radius 1 is 1.00 bits per heavy atom. The van der Waals surface area contributed by atoms with E-state index in [0.29, 0.717) is 5.54 Å². The van der Waals surface area contributed by atoms with E-state index in [9.17, 15) is 0 Å². The van der Waals surface area contributed by atoms with Gasteiger partial charge in [-0.3, -0.25) is 4.99 Å². The van der Waals surface area contributed by atoms with Crippen molar-refractivity contribution in [3.63, 3.8) is 0 Å². The van der Waals surface area contributed by atoms with Crippen LogP contribution in [0.1, 0.15) is 45.4 Å². The number of rotatable bonds is 1. The van der Waals surface area contributed by atoms with Crippen molar-refractivity contribution in [2.45, 2.75) is 51.0 Å². The van der Waals surface area contributed by atoms with Gasteiger partial charge in [-0.2, -0.15) is 0 Å². The number of aliphatic imine (C=N–C) groups is 1. The van der Waals surface area contributed by atoms with Gasteiger partial charge in [-0.25, -0.2) is 0 Å². The van der Waals surface area contributed by atoms with Crippen LogP contribution in [-0.4, -0.2) is 11.8 Å². The van der Waals surface area contributed by atoms with E-state index < -0.39 is 0 Å². The van der Waals surface area contributed by atoms with Crippen molar-refractivity contribution >= 4 is 6.21 Å². The van der Waals surface area contributed by atoms with E-state index in [0.717, 1.165) is 17.8 Å². The molecule has 0 aliphatic heterocycles. The maximum absolute atomic E-state index is 4.79. The van der Waals surface area contributed by atoms with Crippen LogP contribution in [0.3, 0.4) is 0 Å². The lowest BCUT2D eigenvalue weighted by atomic mass is 9.53. The summed E-state index contributed by atoms with van der Waals surface area (Å²) in [6, 6.07) is 0. The van der Waals surface area contributed by atoms with Crippen molar-refractivity contribution in [2.24, 2.45) is 22.7 Å². The Balaban J connectivity index is 1.91. The molecule has 4 saturated carbocycles. The van der Waals surface area contributed by atoms with Gasteiger partial charge in [-0.05, 0) is 69.4 Å². The van der Waals surface area contributed by atoms with E-state index in [4.69, 9.17) is 4.99 Å². The van der Waals surface area contributed by atoms with Gasteiger partial charge < -0.3 is 0 Å². The Bertz CT molecular complexity index is 206. The third-order valence-corrected chi connectivity index (χ3v) is 4.41. The van der Waals surface area contributed by atoms with Gasteiger partial charge in [0.05, 0.1) is 5.54 Å². The zero-order valence-electron chi connectivity index (χ0n) is 8.50. The molecule has 13 heavy (non-hydrogen) atoms. The SMILES string of the molecule is C/C=N\C12CC3CC(CC(C3)C1)C2. The molecular formula is C12H19N. The fourth-order valence-electron chi connectivity index (χ4n) is 4.50. The van der Waals surface area contributed by atoms with E-state index in [1.807, 2.05) is 6.21 Å². The molecule has 0 aromatic heterocycles. The molecule has 4 aliphatic rings. The van der Waals surface area contributed by atoms with Crippen molar-refractivity contribution < 1.29 is 0 Å². The van der Waals surface area contributed by atoms with Gasteiger partial charge in [0.15, 0.2) is 0 Å². The van der Waals surface area contributed by atoms with Crippen LogP contribution < -0.4 is 0 Å². The van der Waals surface area contributed by atoms with Gasteiger partial charge >= 0.3 is 0 Å². The van der Waals surface area contributed by atoms with E-state index >= 15 is 0 Å². The highest BCUT2D eigenvalue weighted by atomic mass is 14.9. The number of hydrogen-bond acceptors (Lipinski definition) is 1. The van der Waals surface area contributed by atoms with Crippen LogP contribution in [0.25, 0.3) is 0 Å². The van der Waals surface area contributed by atoms with Crippen LogP contribution in [0.5, 0.6) is 0 Å². The topological polar surface area (TPSA) is 12.4 Å². The zero-order chi connectivity index (χ0) is 8.89. The molecule has 1 nitrogen and oxygen atoms in total. The molecule has 0 N–H and O–H groups in total. The van der Waals surface area contributed by atoms with Crippen molar-refractivity contribution in [1.29, 1.82) is 0 Å². The van der Waals surface area contributed by atoms with E-state index in [2.05, 4.69) is 6.92 Å². The summed E-state index contributed by atoms with van der Waals surface area (Å²) in [7, 11) is 0. The molecule has 0 aromatic carbocycles. The maximum atomic E-state index is 4.79. The summed E-state index contributed by atoms with van der Waals surface area (Å²) in [6.07, 6.45) is 10.8. The Hall–Kier alpha value is -0.330. The van der Waals surface area contributed by atoms with E-state index in [1.165, 1.54) is 38.5 Å². The Kier molecular flexibility index (Phi) is 1.59. The highest BCUT2D eigenvalue weighted by Gasteiger charge is 2.50. The van der Waals surface area contributed by atoms with E-state index in [-0.39, 0.29) is 0 Å². The van der Waals surface area contributed by atoms with Crippen molar-refractivity contribution in [1.82, 2.24) is 0 Å². The first kappa shape index (κ1) is 8.02. The van der Waals surface area contributed by atoms with Crippen LogP contribution in [0.4, 0.5) is 0 Å². The minimum atomic E-state index is 0.420. The Labute approximate surface area is 80.6 Å². The van der Waals surface area contributed by atoms with Crippen LogP contribution in [0.2, 0.25) is 0 Å². The molecule has 0 heterocycles. The second-order valence-electron chi connectivity index (χ2n) is 5.53. The molecule has 4 fully saturated rings. The fraction of sp³-hybridized carbons (Fsp3) is 0.917.